The molecule has 1 atom stereocenters. The van der Waals surface area contributed by atoms with Gasteiger partial charge in [0.15, 0.2) is 0 Å². The van der Waals surface area contributed by atoms with Crippen molar-refractivity contribution in [3.8, 4) is 0 Å². The summed E-state index contributed by atoms with van der Waals surface area (Å²) in [5, 5.41) is 4.69. The van der Waals surface area contributed by atoms with Crippen molar-refractivity contribution in [3.05, 3.63) is 29.5 Å². The molecule has 102 valence electrons. The van der Waals surface area contributed by atoms with Crippen molar-refractivity contribution in [1.29, 1.82) is 0 Å². The summed E-state index contributed by atoms with van der Waals surface area (Å²) in [5.74, 6) is 1.34. The number of halogens is 1. The van der Waals surface area contributed by atoms with Gasteiger partial charge in [0.25, 0.3) is 0 Å². The fourth-order valence-corrected chi connectivity index (χ4v) is 1.91. The number of anilines is 1. The van der Waals surface area contributed by atoms with Gasteiger partial charge in [-0.1, -0.05) is 39.8 Å². The number of hydrogen-bond acceptors (Lipinski definition) is 3. The highest BCUT2D eigenvalue weighted by Gasteiger charge is 2.20. The van der Waals surface area contributed by atoms with Gasteiger partial charge in [0.1, 0.15) is 5.82 Å². The Morgan fingerprint density at radius 2 is 1.89 bits per heavy atom. The standard InChI is InChI=1S/C15H20ClN3/c1-10(15(2,3)4)9-17-13-11-7-5-6-8-12(11)18-14(16)19-13/h5-8,10H,9H2,1-4H3,(H,17,18,19). The largest absolute Gasteiger partial charge is 0.369 e. The van der Waals surface area contributed by atoms with Gasteiger partial charge in [-0.3, -0.25) is 0 Å². The topological polar surface area (TPSA) is 37.8 Å². The zero-order valence-electron chi connectivity index (χ0n) is 11.9. The number of aromatic nitrogens is 2. The number of nitrogens with zero attached hydrogens (tertiary/aromatic N) is 2. The molecule has 2 aromatic rings. The Kier molecular flexibility index (Phi) is 3.95. The van der Waals surface area contributed by atoms with Crippen LogP contribution in [0.4, 0.5) is 5.82 Å². The average Bonchev–Trinajstić information content (AvgIpc) is 2.34. The van der Waals surface area contributed by atoms with Crippen molar-refractivity contribution < 1.29 is 0 Å². The number of nitrogens with one attached hydrogen (secondary N) is 1. The summed E-state index contributed by atoms with van der Waals surface area (Å²) in [4.78, 5) is 8.53. The lowest BCUT2D eigenvalue weighted by molar-refractivity contribution is 0.274. The monoisotopic (exact) mass is 277 g/mol. The van der Waals surface area contributed by atoms with E-state index in [0.717, 1.165) is 23.3 Å². The van der Waals surface area contributed by atoms with Crippen LogP contribution in [0.1, 0.15) is 27.7 Å². The molecule has 0 saturated carbocycles. The molecule has 1 aromatic carbocycles. The van der Waals surface area contributed by atoms with Crippen molar-refractivity contribution in [2.24, 2.45) is 11.3 Å². The summed E-state index contributed by atoms with van der Waals surface area (Å²) in [7, 11) is 0. The number of benzene rings is 1. The molecular formula is C15H20ClN3. The molecular weight excluding hydrogens is 258 g/mol. The molecule has 0 spiro atoms. The quantitative estimate of drug-likeness (QED) is 0.846. The molecule has 3 nitrogen and oxygen atoms in total. The van der Waals surface area contributed by atoms with Crippen molar-refractivity contribution in [2.75, 3.05) is 11.9 Å². The van der Waals surface area contributed by atoms with Crippen LogP contribution < -0.4 is 5.32 Å². The van der Waals surface area contributed by atoms with Crippen LogP contribution in [-0.4, -0.2) is 16.5 Å². The molecule has 0 bridgehead atoms. The maximum atomic E-state index is 5.97. The predicted octanol–water partition coefficient (Wildman–Crippen LogP) is 4.38. The van der Waals surface area contributed by atoms with Crippen LogP contribution >= 0.6 is 11.6 Å². The number of para-hydroxylation sites is 1. The number of hydrogen-bond donors (Lipinski definition) is 1. The first-order valence-corrected chi connectivity index (χ1v) is 6.92. The first-order valence-electron chi connectivity index (χ1n) is 6.54. The normalized spacial score (nSPS) is 13.5. The van der Waals surface area contributed by atoms with Crippen molar-refractivity contribution in [1.82, 2.24) is 9.97 Å². The Hall–Kier alpha value is -1.35. The van der Waals surface area contributed by atoms with Crippen LogP contribution in [0.5, 0.6) is 0 Å². The van der Waals surface area contributed by atoms with Gasteiger partial charge in [-0.25, -0.2) is 9.97 Å². The summed E-state index contributed by atoms with van der Waals surface area (Å²) in [6.45, 7) is 9.82. The first kappa shape index (κ1) is 14.1. The van der Waals surface area contributed by atoms with Crippen molar-refractivity contribution >= 4 is 28.3 Å². The molecule has 0 fully saturated rings. The highest BCUT2D eigenvalue weighted by molar-refractivity contribution is 6.28. The predicted molar refractivity (Wildman–Crippen MR) is 81.7 cm³/mol. The van der Waals surface area contributed by atoms with Crippen LogP contribution in [0, 0.1) is 11.3 Å². The van der Waals surface area contributed by atoms with Gasteiger partial charge in [0.2, 0.25) is 5.28 Å². The molecule has 1 N–H and O–H groups in total. The van der Waals surface area contributed by atoms with Crippen LogP contribution in [0.25, 0.3) is 10.9 Å². The second-order valence-corrected chi connectivity index (χ2v) is 6.34. The van der Waals surface area contributed by atoms with Crippen LogP contribution in [0.2, 0.25) is 5.28 Å². The Balaban J connectivity index is 2.25. The SMILES string of the molecule is CC(CNc1nc(Cl)nc2ccccc12)C(C)(C)C. The van der Waals surface area contributed by atoms with Gasteiger partial charge < -0.3 is 5.32 Å². The molecule has 1 unspecified atom stereocenters. The van der Waals surface area contributed by atoms with Gasteiger partial charge in [-0.2, -0.15) is 0 Å². The van der Waals surface area contributed by atoms with Gasteiger partial charge in [0, 0.05) is 11.9 Å². The van der Waals surface area contributed by atoms with E-state index in [1.807, 2.05) is 24.3 Å². The Bertz CT molecular complexity index is 575. The van der Waals surface area contributed by atoms with Crippen molar-refractivity contribution in [2.45, 2.75) is 27.7 Å². The second-order valence-electron chi connectivity index (χ2n) is 6.01. The Morgan fingerprint density at radius 3 is 2.58 bits per heavy atom. The summed E-state index contributed by atoms with van der Waals surface area (Å²) in [6.07, 6.45) is 0. The fourth-order valence-electron chi connectivity index (χ4n) is 1.74. The lowest BCUT2D eigenvalue weighted by Gasteiger charge is -2.27. The summed E-state index contributed by atoms with van der Waals surface area (Å²) in [5.41, 5.74) is 1.13. The zero-order valence-corrected chi connectivity index (χ0v) is 12.6. The minimum Gasteiger partial charge on any atom is -0.369 e. The Labute approximate surface area is 119 Å². The van der Waals surface area contributed by atoms with E-state index in [4.69, 9.17) is 11.6 Å². The van der Waals surface area contributed by atoms with E-state index < -0.39 is 0 Å². The first-order chi connectivity index (χ1) is 8.88. The Morgan fingerprint density at radius 1 is 1.21 bits per heavy atom. The van der Waals surface area contributed by atoms with Crippen LogP contribution in [0.3, 0.4) is 0 Å². The minimum absolute atomic E-state index is 0.264. The van der Waals surface area contributed by atoms with E-state index in [-0.39, 0.29) is 10.7 Å². The lowest BCUT2D eigenvalue weighted by atomic mass is 9.82. The highest BCUT2D eigenvalue weighted by atomic mass is 35.5. The third-order valence-corrected chi connectivity index (χ3v) is 3.80. The van der Waals surface area contributed by atoms with E-state index in [0.29, 0.717) is 5.92 Å². The molecule has 0 saturated heterocycles. The van der Waals surface area contributed by atoms with E-state index in [1.165, 1.54) is 0 Å². The molecule has 0 aliphatic carbocycles. The fraction of sp³-hybridized carbons (Fsp3) is 0.467. The van der Waals surface area contributed by atoms with E-state index in [1.54, 1.807) is 0 Å². The van der Waals surface area contributed by atoms with Gasteiger partial charge in [-0.15, -0.1) is 0 Å². The van der Waals surface area contributed by atoms with Gasteiger partial charge >= 0.3 is 0 Å². The minimum atomic E-state index is 0.264. The number of rotatable bonds is 3. The molecule has 0 aliphatic heterocycles. The summed E-state index contributed by atoms with van der Waals surface area (Å²) >= 11 is 5.97. The molecule has 0 radical (unpaired) electrons. The lowest BCUT2D eigenvalue weighted by Crippen LogP contribution is -2.25. The van der Waals surface area contributed by atoms with E-state index >= 15 is 0 Å². The van der Waals surface area contributed by atoms with Gasteiger partial charge in [0.05, 0.1) is 5.52 Å². The van der Waals surface area contributed by atoms with E-state index in [9.17, 15) is 0 Å². The maximum Gasteiger partial charge on any atom is 0.224 e. The molecule has 19 heavy (non-hydrogen) atoms. The zero-order chi connectivity index (χ0) is 14.0. The van der Waals surface area contributed by atoms with E-state index in [2.05, 4.69) is 43.0 Å². The second kappa shape index (κ2) is 5.33. The molecule has 0 aliphatic rings. The summed E-state index contributed by atoms with van der Waals surface area (Å²) < 4.78 is 0. The van der Waals surface area contributed by atoms with Gasteiger partial charge in [-0.05, 0) is 35.1 Å². The van der Waals surface area contributed by atoms with Crippen LogP contribution in [0.15, 0.2) is 24.3 Å². The van der Waals surface area contributed by atoms with Crippen molar-refractivity contribution in [3.63, 3.8) is 0 Å². The molecule has 4 heteroatoms. The maximum absolute atomic E-state index is 5.97. The number of fused-ring (bicyclic) bond motifs is 1. The van der Waals surface area contributed by atoms with Crippen LogP contribution in [-0.2, 0) is 0 Å². The smallest absolute Gasteiger partial charge is 0.224 e. The third-order valence-electron chi connectivity index (χ3n) is 3.63. The molecule has 1 heterocycles. The molecule has 0 amide bonds. The third kappa shape index (κ3) is 3.35. The highest BCUT2D eigenvalue weighted by Crippen LogP contribution is 2.27. The summed E-state index contributed by atoms with van der Waals surface area (Å²) in [6, 6.07) is 7.89. The molecule has 2 rings (SSSR count). The molecule has 1 aromatic heterocycles. The average molecular weight is 278 g/mol.